The number of ether oxygens (including phenoxy) is 1. The highest BCUT2D eigenvalue weighted by Crippen LogP contribution is 2.20. The van der Waals surface area contributed by atoms with Gasteiger partial charge in [0.15, 0.2) is 0 Å². The molecule has 0 radical (unpaired) electrons. The van der Waals surface area contributed by atoms with Crippen LogP contribution < -0.4 is 5.32 Å². The molecule has 2 heterocycles. The van der Waals surface area contributed by atoms with E-state index in [0.29, 0.717) is 31.3 Å². The minimum Gasteiger partial charge on any atom is -0.378 e. The highest BCUT2D eigenvalue weighted by molar-refractivity contribution is 6.33. The maximum atomic E-state index is 12.2. The molecule has 0 aromatic carbocycles. The monoisotopic (exact) mass is 269 g/mol. The number of amides is 1. The standard InChI is InChI=1S/C12H16ClN3O2/c1-9(12(17)16-4-6-18-7-5-16)15-11-2-3-14-8-10(11)13/h2-3,8-9H,4-7H2,1H3,(H,14,15). The van der Waals surface area contributed by atoms with Crippen molar-refractivity contribution in [3.8, 4) is 0 Å². The van der Waals surface area contributed by atoms with Gasteiger partial charge in [-0.25, -0.2) is 0 Å². The van der Waals surface area contributed by atoms with E-state index < -0.39 is 0 Å². The van der Waals surface area contributed by atoms with Crippen molar-refractivity contribution in [3.63, 3.8) is 0 Å². The van der Waals surface area contributed by atoms with Gasteiger partial charge in [-0.05, 0) is 13.0 Å². The molecule has 1 aromatic rings. The Morgan fingerprint density at radius 2 is 2.28 bits per heavy atom. The lowest BCUT2D eigenvalue weighted by atomic mass is 10.2. The van der Waals surface area contributed by atoms with Gasteiger partial charge in [0, 0.05) is 25.5 Å². The quantitative estimate of drug-likeness (QED) is 0.901. The van der Waals surface area contributed by atoms with E-state index in [4.69, 9.17) is 16.3 Å². The van der Waals surface area contributed by atoms with E-state index in [1.54, 1.807) is 23.4 Å². The van der Waals surface area contributed by atoms with Crippen LogP contribution in [0.2, 0.25) is 5.02 Å². The molecule has 0 saturated carbocycles. The van der Waals surface area contributed by atoms with Gasteiger partial charge in [-0.3, -0.25) is 9.78 Å². The lowest BCUT2D eigenvalue weighted by molar-refractivity contribution is -0.135. The van der Waals surface area contributed by atoms with E-state index in [0.717, 1.165) is 5.69 Å². The molecule has 98 valence electrons. The van der Waals surface area contributed by atoms with Gasteiger partial charge in [-0.2, -0.15) is 0 Å². The van der Waals surface area contributed by atoms with Crippen LogP contribution in [0.1, 0.15) is 6.92 Å². The molecule has 5 nitrogen and oxygen atoms in total. The van der Waals surface area contributed by atoms with Crippen molar-refractivity contribution in [2.45, 2.75) is 13.0 Å². The molecule has 2 rings (SSSR count). The summed E-state index contributed by atoms with van der Waals surface area (Å²) in [4.78, 5) is 17.9. The summed E-state index contributed by atoms with van der Waals surface area (Å²) in [5.74, 6) is 0.0613. The first-order valence-corrected chi connectivity index (χ1v) is 6.29. The first-order valence-electron chi connectivity index (χ1n) is 5.91. The lowest BCUT2D eigenvalue weighted by Crippen LogP contribution is -2.47. The largest absolute Gasteiger partial charge is 0.378 e. The Bertz CT molecular complexity index is 422. The Morgan fingerprint density at radius 1 is 1.56 bits per heavy atom. The zero-order chi connectivity index (χ0) is 13.0. The topological polar surface area (TPSA) is 54.5 Å². The predicted octanol–water partition coefficient (Wildman–Crippen LogP) is 1.39. The second-order valence-corrected chi connectivity index (χ2v) is 4.57. The summed E-state index contributed by atoms with van der Waals surface area (Å²) in [5.41, 5.74) is 0.723. The maximum Gasteiger partial charge on any atom is 0.244 e. The Labute approximate surface area is 111 Å². The number of aromatic nitrogens is 1. The summed E-state index contributed by atoms with van der Waals surface area (Å²) in [5, 5.41) is 3.62. The van der Waals surface area contributed by atoms with E-state index in [9.17, 15) is 4.79 Å². The summed E-state index contributed by atoms with van der Waals surface area (Å²) in [6.07, 6.45) is 3.19. The molecule has 1 unspecified atom stereocenters. The van der Waals surface area contributed by atoms with Crippen LogP contribution in [0.4, 0.5) is 5.69 Å². The number of nitrogens with zero attached hydrogens (tertiary/aromatic N) is 2. The first-order chi connectivity index (χ1) is 8.68. The van der Waals surface area contributed by atoms with Crippen LogP contribution in [0.25, 0.3) is 0 Å². The maximum absolute atomic E-state index is 12.2. The predicted molar refractivity (Wildman–Crippen MR) is 69.7 cm³/mol. The minimum absolute atomic E-state index is 0.0613. The summed E-state index contributed by atoms with van der Waals surface area (Å²) in [6.45, 7) is 4.33. The fourth-order valence-corrected chi connectivity index (χ4v) is 2.02. The molecule has 0 spiro atoms. The summed E-state index contributed by atoms with van der Waals surface area (Å²) < 4.78 is 5.22. The molecule has 1 atom stereocenters. The number of anilines is 1. The van der Waals surface area contributed by atoms with Gasteiger partial charge < -0.3 is 15.0 Å². The van der Waals surface area contributed by atoms with Crippen molar-refractivity contribution in [1.82, 2.24) is 9.88 Å². The third-order valence-corrected chi connectivity index (χ3v) is 3.14. The second kappa shape index (κ2) is 6.02. The van der Waals surface area contributed by atoms with Gasteiger partial charge >= 0.3 is 0 Å². The van der Waals surface area contributed by atoms with E-state index >= 15 is 0 Å². The van der Waals surface area contributed by atoms with E-state index in [-0.39, 0.29) is 11.9 Å². The molecular formula is C12H16ClN3O2. The molecule has 1 N–H and O–H groups in total. The average Bonchev–Trinajstić information content (AvgIpc) is 2.41. The number of morpholine rings is 1. The zero-order valence-electron chi connectivity index (χ0n) is 10.2. The molecule has 1 aliphatic rings. The van der Waals surface area contributed by atoms with Crippen LogP contribution >= 0.6 is 11.6 Å². The summed E-state index contributed by atoms with van der Waals surface area (Å²) >= 11 is 5.99. The van der Waals surface area contributed by atoms with Crippen molar-refractivity contribution in [2.75, 3.05) is 31.6 Å². The Kier molecular flexibility index (Phi) is 4.38. The third kappa shape index (κ3) is 3.11. The Balaban J connectivity index is 1.96. The van der Waals surface area contributed by atoms with Gasteiger partial charge in [0.1, 0.15) is 6.04 Å². The van der Waals surface area contributed by atoms with Crippen molar-refractivity contribution >= 4 is 23.2 Å². The lowest BCUT2D eigenvalue weighted by Gasteiger charge is -2.29. The fourth-order valence-electron chi connectivity index (χ4n) is 1.84. The van der Waals surface area contributed by atoms with Crippen molar-refractivity contribution < 1.29 is 9.53 Å². The number of carbonyl (C=O) groups excluding carboxylic acids is 1. The van der Waals surface area contributed by atoms with Crippen molar-refractivity contribution in [1.29, 1.82) is 0 Å². The number of halogens is 1. The van der Waals surface area contributed by atoms with Gasteiger partial charge in [0.25, 0.3) is 0 Å². The van der Waals surface area contributed by atoms with Crippen LogP contribution in [0.15, 0.2) is 18.5 Å². The van der Waals surface area contributed by atoms with E-state index in [2.05, 4.69) is 10.3 Å². The second-order valence-electron chi connectivity index (χ2n) is 4.16. The van der Waals surface area contributed by atoms with Crippen LogP contribution in [-0.2, 0) is 9.53 Å². The smallest absolute Gasteiger partial charge is 0.244 e. The number of carbonyl (C=O) groups is 1. The normalized spacial score (nSPS) is 17.3. The van der Waals surface area contributed by atoms with Crippen LogP contribution in [-0.4, -0.2) is 48.1 Å². The molecule has 18 heavy (non-hydrogen) atoms. The molecule has 6 heteroatoms. The Hall–Kier alpha value is -1.33. The summed E-state index contributed by atoms with van der Waals surface area (Å²) in [6, 6.07) is 1.44. The highest BCUT2D eigenvalue weighted by Gasteiger charge is 2.22. The molecule has 1 aliphatic heterocycles. The average molecular weight is 270 g/mol. The van der Waals surface area contributed by atoms with E-state index in [1.165, 1.54) is 0 Å². The number of hydrogen-bond acceptors (Lipinski definition) is 4. The van der Waals surface area contributed by atoms with Crippen LogP contribution in [0, 0.1) is 0 Å². The molecule has 1 aromatic heterocycles. The molecule has 1 saturated heterocycles. The van der Waals surface area contributed by atoms with Crippen LogP contribution in [0.5, 0.6) is 0 Å². The molecule has 1 amide bonds. The Morgan fingerprint density at radius 3 is 2.94 bits per heavy atom. The molecule has 0 bridgehead atoms. The van der Waals surface area contributed by atoms with Gasteiger partial charge in [-0.1, -0.05) is 11.6 Å². The number of nitrogens with one attached hydrogen (secondary N) is 1. The van der Waals surface area contributed by atoms with Gasteiger partial charge in [0.05, 0.1) is 23.9 Å². The fraction of sp³-hybridized carbons (Fsp3) is 0.500. The van der Waals surface area contributed by atoms with Gasteiger partial charge in [-0.15, -0.1) is 0 Å². The van der Waals surface area contributed by atoms with E-state index in [1.807, 2.05) is 6.92 Å². The van der Waals surface area contributed by atoms with Crippen molar-refractivity contribution in [3.05, 3.63) is 23.5 Å². The molecular weight excluding hydrogens is 254 g/mol. The zero-order valence-corrected chi connectivity index (χ0v) is 11.0. The number of hydrogen-bond donors (Lipinski definition) is 1. The highest BCUT2D eigenvalue weighted by atomic mass is 35.5. The molecule has 1 fully saturated rings. The number of pyridine rings is 1. The van der Waals surface area contributed by atoms with Crippen LogP contribution in [0.3, 0.4) is 0 Å². The van der Waals surface area contributed by atoms with Crippen molar-refractivity contribution in [2.24, 2.45) is 0 Å². The molecule has 0 aliphatic carbocycles. The number of rotatable bonds is 3. The minimum atomic E-state index is -0.317. The summed E-state index contributed by atoms with van der Waals surface area (Å²) in [7, 11) is 0. The third-order valence-electron chi connectivity index (χ3n) is 2.84. The van der Waals surface area contributed by atoms with Gasteiger partial charge in [0.2, 0.25) is 5.91 Å². The first kappa shape index (κ1) is 13.1. The SMILES string of the molecule is CC(Nc1ccncc1Cl)C(=O)N1CCOCC1.